The lowest BCUT2D eigenvalue weighted by Gasteiger charge is -2.10. The zero-order chi connectivity index (χ0) is 13.2. The predicted octanol–water partition coefficient (Wildman–Crippen LogP) is 1.72. The maximum Gasteiger partial charge on any atom is 0.248 e. The first kappa shape index (κ1) is 11.7. The van der Waals surface area contributed by atoms with Crippen LogP contribution >= 0.6 is 0 Å². The number of benzene rings is 1. The zero-order valence-corrected chi connectivity index (χ0v) is 10.7. The Bertz CT molecular complexity index is 628. The molecule has 1 atom stereocenters. The zero-order valence-electron chi connectivity index (χ0n) is 10.7. The molecule has 1 aromatic heterocycles. The maximum atomic E-state index is 12.0. The van der Waals surface area contributed by atoms with Crippen molar-refractivity contribution in [2.75, 3.05) is 6.54 Å². The van der Waals surface area contributed by atoms with Crippen LogP contribution in [0, 0.1) is 0 Å². The van der Waals surface area contributed by atoms with Gasteiger partial charge in [-0.05, 0) is 11.6 Å². The first-order chi connectivity index (χ1) is 9.25. The minimum Gasteiger partial charge on any atom is -0.351 e. The van der Waals surface area contributed by atoms with Crippen LogP contribution < -0.4 is 5.32 Å². The quantitative estimate of drug-likeness (QED) is 0.828. The summed E-state index contributed by atoms with van der Waals surface area (Å²) in [5.41, 5.74) is 2.90. The Labute approximate surface area is 111 Å². The highest BCUT2D eigenvalue weighted by Crippen LogP contribution is 2.29. The molecule has 1 aliphatic heterocycles. The van der Waals surface area contributed by atoms with Gasteiger partial charge < -0.3 is 9.88 Å². The SMILES string of the molecule is Cn1cncc1[C@H]1CNC(=O)/C1=C/c1ccccc1. The van der Waals surface area contributed by atoms with Crippen molar-refractivity contribution in [2.24, 2.45) is 7.05 Å². The first-order valence-corrected chi connectivity index (χ1v) is 6.27. The lowest BCUT2D eigenvalue weighted by molar-refractivity contribution is -0.116. The summed E-state index contributed by atoms with van der Waals surface area (Å²) >= 11 is 0. The summed E-state index contributed by atoms with van der Waals surface area (Å²) in [5, 5.41) is 2.91. The van der Waals surface area contributed by atoms with E-state index in [9.17, 15) is 4.79 Å². The molecule has 19 heavy (non-hydrogen) atoms. The van der Waals surface area contributed by atoms with Crippen molar-refractivity contribution in [3.63, 3.8) is 0 Å². The fourth-order valence-corrected chi connectivity index (χ4v) is 2.43. The van der Waals surface area contributed by atoms with E-state index in [0.29, 0.717) is 6.54 Å². The number of nitrogens with zero attached hydrogens (tertiary/aromatic N) is 2. The summed E-state index contributed by atoms with van der Waals surface area (Å²) < 4.78 is 1.96. The smallest absolute Gasteiger partial charge is 0.248 e. The number of rotatable bonds is 2. The number of carbonyl (C=O) groups is 1. The Balaban J connectivity index is 2.00. The van der Waals surface area contributed by atoms with E-state index in [-0.39, 0.29) is 11.8 Å². The second kappa shape index (κ2) is 4.72. The minimum atomic E-state index is 0.00931. The van der Waals surface area contributed by atoms with E-state index in [4.69, 9.17) is 0 Å². The number of carbonyl (C=O) groups excluding carboxylic acids is 1. The van der Waals surface area contributed by atoms with Crippen LogP contribution in [0.15, 0.2) is 48.4 Å². The summed E-state index contributed by atoms with van der Waals surface area (Å²) in [7, 11) is 1.95. The average molecular weight is 253 g/mol. The van der Waals surface area contributed by atoms with Gasteiger partial charge in [-0.2, -0.15) is 0 Å². The Kier molecular flexibility index (Phi) is 2.91. The number of hydrogen-bond donors (Lipinski definition) is 1. The summed E-state index contributed by atoms with van der Waals surface area (Å²) in [6, 6.07) is 9.91. The van der Waals surface area contributed by atoms with E-state index in [1.807, 2.05) is 54.2 Å². The van der Waals surface area contributed by atoms with Gasteiger partial charge in [0, 0.05) is 37.0 Å². The van der Waals surface area contributed by atoms with Crippen molar-refractivity contribution in [3.05, 3.63) is 59.7 Å². The van der Waals surface area contributed by atoms with Crippen LogP contribution in [0.4, 0.5) is 0 Å². The Morgan fingerprint density at radius 3 is 2.84 bits per heavy atom. The van der Waals surface area contributed by atoms with Crippen LogP contribution in [0.25, 0.3) is 6.08 Å². The molecule has 0 radical (unpaired) electrons. The van der Waals surface area contributed by atoms with Gasteiger partial charge in [-0.15, -0.1) is 0 Å². The number of nitrogens with one attached hydrogen (secondary N) is 1. The second-order valence-electron chi connectivity index (χ2n) is 4.70. The molecule has 1 aromatic carbocycles. The van der Waals surface area contributed by atoms with Crippen molar-refractivity contribution < 1.29 is 4.79 Å². The van der Waals surface area contributed by atoms with E-state index in [0.717, 1.165) is 16.8 Å². The Morgan fingerprint density at radius 1 is 1.37 bits per heavy atom. The summed E-state index contributed by atoms with van der Waals surface area (Å²) in [6.45, 7) is 0.636. The first-order valence-electron chi connectivity index (χ1n) is 6.27. The molecule has 0 spiro atoms. The normalized spacial score (nSPS) is 20.8. The van der Waals surface area contributed by atoms with Crippen molar-refractivity contribution in [3.8, 4) is 0 Å². The third-order valence-electron chi connectivity index (χ3n) is 3.44. The van der Waals surface area contributed by atoms with Gasteiger partial charge >= 0.3 is 0 Å². The van der Waals surface area contributed by atoms with Gasteiger partial charge in [-0.25, -0.2) is 4.98 Å². The van der Waals surface area contributed by atoms with Gasteiger partial charge in [0.05, 0.1) is 6.33 Å². The molecule has 4 heteroatoms. The topological polar surface area (TPSA) is 46.9 Å². The molecule has 1 aliphatic rings. The standard InChI is InChI=1S/C15H15N3O/c1-18-10-16-9-14(18)13-8-17-15(19)12(13)7-11-5-3-2-4-6-11/h2-7,9-10,13H,8H2,1H3,(H,17,19)/b12-7+/t13-/m0/s1. The van der Waals surface area contributed by atoms with E-state index < -0.39 is 0 Å². The third-order valence-corrected chi connectivity index (χ3v) is 3.44. The molecule has 0 unspecified atom stereocenters. The molecule has 1 amide bonds. The predicted molar refractivity (Wildman–Crippen MR) is 73.4 cm³/mol. The molecule has 0 aliphatic carbocycles. The van der Waals surface area contributed by atoms with Crippen molar-refractivity contribution >= 4 is 12.0 Å². The molecule has 0 saturated carbocycles. The van der Waals surface area contributed by atoms with Crippen LogP contribution in [0.3, 0.4) is 0 Å². The average Bonchev–Trinajstić information content (AvgIpc) is 2.99. The van der Waals surface area contributed by atoms with Gasteiger partial charge in [-0.1, -0.05) is 30.3 Å². The van der Waals surface area contributed by atoms with E-state index >= 15 is 0 Å². The van der Waals surface area contributed by atoms with Crippen LogP contribution in [-0.4, -0.2) is 22.0 Å². The highest BCUT2D eigenvalue weighted by Gasteiger charge is 2.31. The lowest BCUT2D eigenvalue weighted by Crippen LogP contribution is -2.14. The largest absolute Gasteiger partial charge is 0.351 e. The van der Waals surface area contributed by atoms with Crippen molar-refractivity contribution in [1.29, 1.82) is 0 Å². The summed E-state index contributed by atoms with van der Waals surface area (Å²) in [4.78, 5) is 16.1. The molecule has 0 bridgehead atoms. The van der Waals surface area contributed by atoms with Gasteiger partial charge in [0.25, 0.3) is 0 Å². The number of aryl methyl sites for hydroxylation is 1. The highest BCUT2D eigenvalue weighted by atomic mass is 16.2. The molecule has 96 valence electrons. The fraction of sp³-hybridized carbons (Fsp3) is 0.200. The van der Waals surface area contributed by atoms with Gasteiger partial charge in [0.15, 0.2) is 0 Å². The summed E-state index contributed by atoms with van der Waals surface area (Å²) in [5.74, 6) is 0.0789. The van der Waals surface area contributed by atoms with Crippen molar-refractivity contribution in [2.45, 2.75) is 5.92 Å². The van der Waals surface area contributed by atoms with E-state index in [1.165, 1.54) is 0 Å². The molecule has 2 aromatic rings. The van der Waals surface area contributed by atoms with Crippen molar-refractivity contribution in [1.82, 2.24) is 14.9 Å². The fourth-order valence-electron chi connectivity index (χ4n) is 2.43. The molecule has 4 nitrogen and oxygen atoms in total. The summed E-state index contributed by atoms with van der Waals surface area (Å²) in [6.07, 6.45) is 5.54. The third kappa shape index (κ3) is 2.17. The number of aromatic nitrogens is 2. The Morgan fingerprint density at radius 2 is 2.16 bits per heavy atom. The lowest BCUT2D eigenvalue weighted by atomic mass is 9.97. The number of amides is 1. The van der Waals surface area contributed by atoms with Crippen LogP contribution in [0.1, 0.15) is 17.2 Å². The molecule has 1 fully saturated rings. The molecular formula is C15H15N3O. The van der Waals surface area contributed by atoms with Gasteiger partial charge in [0.1, 0.15) is 0 Å². The molecule has 1 N–H and O–H groups in total. The van der Waals surface area contributed by atoms with Gasteiger partial charge in [0.2, 0.25) is 5.91 Å². The number of hydrogen-bond acceptors (Lipinski definition) is 2. The minimum absolute atomic E-state index is 0.00931. The van der Waals surface area contributed by atoms with Crippen LogP contribution in [-0.2, 0) is 11.8 Å². The number of imidazole rings is 1. The maximum absolute atomic E-state index is 12.0. The molecule has 1 saturated heterocycles. The molecule has 2 heterocycles. The second-order valence-corrected chi connectivity index (χ2v) is 4.70. The highest BCUT2D eigenvalue weighted by molar-refractivity contribution is 6.01. The monoisotopic (exact) mass is 253 g/mol. The molecule has 3 rings (SSSR count). The van der Waals surface area contributed by atoms with Crippen LogP contribution in [0.5, 0.6) is 0 Å². The molecular weight excluding hydrogens is 238 g/mol. The van der Waals surface area contributed by atoms with E-state index in [2.05, 4.69) is 10.3 Å². The van der Waals surface area contributed by atoms with Gasteiger partial charge in [-0.3, -0.25) is 4.79 Å². The van der Waals surface area contributed by atoms with E-state index in [1.54, 1.807) is 6.33 Å². The Hall–Kier alpha value is -2.36. The van der Waals surface area contributed by atoms with Crippen LogP contribution in [0.2, 0.25) is 0 Å².